The zero-order valence-electron chi connectivity index (χ0n) is 10.8. The van der Waals surface area contributed by atoms with Crippen LogP contribution in [0.1, 0.15) is 33.1 Å². The van der Waals surface area contributed by atoms with Gasteiger partial charge in [0.05, 0.1) is 0 Å². The number of amidine groups is 1. The normalized spacial score (nSPS) is 22.9. The zero-order chi connectivity index (χ0) is 13.1. The van der Waals surface area contributed by atoms with E-state index in [4.69, 9.17) is 0 Å². The Balaban J connectivity index is 1.85. The van der Waals surface area contributed by atoms with Crippen LogP contribution in [0.25, 0.3) is 0 Å². The molecule has 1 saturated carbocycles. The minimum atomic E-state index is -0.334. The molecule has 0 radical (unpaired) electrons. The lowest BCUT2D eigenvalue weighted by molar-refractivity contribution is -0.124. The molecule has 18 heavy (non-hydrogen) atoms. The molecule has 0 aromatic heterocycles. The number of aliphatic imine (C=N–C) groups is 1. The van der Waals surface area contributed by atoms with Gasteiger partial charge in [-0.3, -0.25) is 9.59 Å². The van der Waals surface area contributed by atoms with E-state index in [1.807, 2.05) is 18.7 Å². The van der Waals surface area contributed by atoms with Crippen LogP contribution in [0, 0.1) is 0 Å². The highest BCUT2D eigenvalue weighted by atomic mass is 32.2. The Bertz CT molecular complexity index is 376. The fourth-order valence-electron chi connectivity index (χ4n) is 1.82. The maximum absolute atomic E-state index is 11.7. The summed E-state index contributed by atoms with van der Waals surface area (Å²) in [7, 11) is 0. The van der Waals surface area contributed by atoms with Crippen molar-refractivity contribution in [1.82, 2.24) is 10.2 Å². The van der Waals surface area contributed by atoms with Crippen LogP contribution in [0.5, 0.6) is 0 Å². The van der Waals surface area contributed by atoms with E-state index in [2.05, 4.69) is 10.3 Å². The maximum atomic E-state index is 11.7. The quantitative estimate of drug-likeness (QED) is 0.808. The van der Waals surface area contributed by atoms with Gasteiger partial charge in [-0.25, -0.2) is 0 Å². The van der Waals surface area contributed by atoms with E-state index in [0.29, 0.717) is 6.04 Å². The molecular weight excluding hydrogens is 250 g/mol. The molecule has 2 aliphatic rings. The smallest absolute Gasteiger partial charge is 0.262 e. The highest BCUT2D eigenvalue weighted by Crippen LogP contribution is 2.27. The number of nitrogens with zero attached hydrogens (tertiary/aromatic N) is 2. The minimum absolute atomic E-state index is 0.0284. The Morgan fingerprint density at radius 2 is 2.11 bits per heavy atom. The van der Waals surface area contributed by atoms with E-state index in [1.54, 1.807) is 0 Å². The van der Waals surface area contributed by atoms with Crippen LogP contribution in [0.4, 0.5) is 0 Å². The largest absolute Gasteiger partial charge is 0.353 e. The lowest BCUT2D eigenvalue weighted by Crippen LogP contribution is -2.30. The van der Waals surface area contributed by atoms with Crippen molar-refractivity contribution >= 4 is 28.7 Å². The molecule has 1 aliphatic carbocycles. The van der Waals surface area contributed by atoms with Gasteiger partial charge in [-0.05, 0) is 26.7 Å². The minimum Gasteiger partial charge on any atom is -0.353 e. The predicted molar refractivity (Wildman–Crippen MR) is 72.5 cm³/mol. The molecule has 0 spiro atoms. The molecule has 1 fully saturated rings. The van der Waals surface area contributed by atoms with Crippen molar-refractivity contribution in [2.24, 2.45) is 4.99 Å². The third-order valence-corrected chi connectivity index (χ3v) is 4.29. The van der Waals surface area contributed by atoms with E-state index >= 15 is 0 Å². The Kier molecular flexibility index (Phi) is 4.27. The summed E-state index contributed by atoms with van der Waals surface area (Å²) in [6.07, 6.45) is 2.38. The molecule has 1 heterocycles. The molecule has 0 saturated heterocycles. The molecule has 0 aromatic carbocycles. The molecule has 5 nitrogen and oxygen atoms in total. The van der Waals surface area contributed by atoms with Crippen molar-refractivity contribution in [1.29, 1.82) is 0 Å². The molecule has 100 valence electrons. The first-order valence-electron chi connectivity index (χ1n) is 6.47. The van der Waals surface area contributed by atoms with Gasteiger partial charge >= 0.3 is 0 Å². The van der Waals surface area contributed by atoms with E-state index in [9.17, 15) is 9.59 Å². The van der Waals surface area contributed by atoms with Gasteiger partial charge in [-0.2, -0.15) is 4.99 Å². The van der Waals surface area contributed by atoms with Crippen molar-refractivity contribution in [3.63, 3.8) is 0 Å². The van der Waals surface area contributed by atoms with Crippen molar-refractivity contribution in [2.75, 3.05) is 13.1 Å². The van der Waals surface area contributed by atoms with Crippen LogP contribution in [0.2, 0.25) is 0 Å². The van der Waals surface area contributed by atoms with E-state index < -0.39 is 0 Å². The first-order chi connectivity index (χ1) is 8.63. The summed E-state index contributed by atoms with van der Waals surface area (Å²) in [5, 5.41) is 3.33. The van der Waals surface area contributed by atoms with Crippen molar-refractivity contribution in [3.05, 3.63) is 0 Å². The summed E-state index contributed by atoms with van der Waals surface area (Å²) in [4.78, 5) is 29.5. The summed E-state index contributed by atoms with van der Waals surface area (Å²) >= 11 is 1.42. The topological polar surface area (TPSA) is 61.8 Å². The Morgan fingerprint density at radius 3 is 2.67 bits per heavy atom. The third-order valence-electron chi connectivity index (χ3n) is 3.08. The molecule has 6 heteroatoms. The molecular formula is C12H19N3O2S. The summed E-state index contributed by atoms with van der Waals surface area (Å²) in [6.45, 7) is 5.72. The van der Waals surface area contributed by atoms with Crippen molar-refractivity contribution in [3.8, 4) is 0 Å². The summed E-state index contributed by atoms with van der Waals surface area (Å²) < 4.78 is 0. The lowest BCUT2D eigenvalue weighted by atomic mass is 10.3. The predicted octanol–water partition coefficient (Wildman–Crippen LogP) is 0.995. The van der Waals surface area contributed by atoms with Crippen LogP contribution in [0.3, 0.4) is 0 Å². The van der Waals surface area contributed by atoms with Crippen LogP contribution in [-0.2, 0) is 9.59 Å². The second kappa shape index (κ2) is 5.73. The number of rotatable bonds is 5. The molecule has 0 unspecified atom stereocenters. The van der Waals surface area contributed by atoms with Crippen molar-refractivity contribution in [2.45, 2.75) is 44.4 Å². The summed E-state index contributed by atoms with van der Waals surface area (Å²) in [5.74, 6) is -0.202. The van der Waals surface area contributed by atoms with Gasteiger partial charge in [0.25, 0.3) is 5.91 Å². The highest BCUT2D eigenvalue weighted by molar-refractivity contribution is 8.15. The first kappa shape index (κ1) is 13.4. The van der Waals surface area contributed by atoms with Gasteiger partial charge in [0.15, 0.2) is 5.17 Å². The van der Waals surface area contributed by atoms with Crippen LogP contribution in [0.15, 0.2) is 4.99 Å². The lowest BCUT2D eigenvalue weighted by Gasteiger charge is -2.19. The van der Waals surface area contributed by atoms with Crippen LogP contribution >= 0.6 is 11.8 Å². The van der Waals surface area contributed by atoms with E-state index in [1.165, 1.54) is 11.8 Å². The van der Waals surface area contributed by atoms with E-state index in [-0.39, 0.29) is 23.5 Å². The summed E-state index contributed by atoms with van der Waals surface area (Å²) in [6, 6.07) is 0.349. The number of nitrogens with one attached hydrogen (secondary N) is 1. The van der Waals surface area contributed by atoms with Gasteiger partial charge in [-0.15, -0.1) is 0 Å². The molecule has 0 bridgehead atoms. The number of carbonyl (C=O) groups excluding carboxylic acids is 2. The standard InChI is InChI=1S/C12H19N3O2S/c1-3-15(4-2)12-14-11(17)9(18-12)7-10(16)13-8-5-6-8/h8-9H,3-7H2,1-2H3,(H,13,16)/t9-/m0/s1. The monoisotopic (exact) mass is 269 g/mol. The van der Waals surface area contributed by atoms with Gasteiger partial charge in [-0.1, -0.05) is 11.8 Å². The second-order valence-corrected chi connectivity index (χ2v) is 5.73. The molecule has 1 atom stereocenters. The first-order valence-corrected chi connectivity index (χ1v) is 7.35. The summed E-state index contributed by atoms with van der Waals surface area (Å²) in [5.41, 5.74) is 0. The zero-order valence-corrected chi connectivity index (χ0v) is 11.6. The van der Waals surface area contributed by atoms with Crippen LogP contribution < -0.4 is 5.32 Å². The fraction of sp³-hybridized carbons (Fsp3) is 0.750. The Hall–Kier alpha value is -1.04. The van der Waals surface area contributed by atoms with E-state index in [0.717, 1.165) is 31.1 Å². The second-order valence-electron chi connectivity index (χ2n) is 4.56. The third kappa shape index (κ3) is 3.25. The number of thioether (sulfide) groups is 1. The Labute approximate surface area is 111 Å². The molecule has 1 aliphatic heterocycles. The highest BCUT2D eigenvalue weighted by Gasteiger charge is 2.33. The average Bonchev–Trinajstić information content (AvgIpc) is 3.06. The van der Waals surface area contributed by atoms with Crippen LogP contribution in [-0.4, -0.2) is 46.3 Å². The molecule has 0 aromatic rings. The molecule has 1 N–H and O–H groups in total. The number of hydrogen-bond donors (Lipinski definition) is 1. The Morgan fingerprint density at radius 1 is 1.44 bits per heavy atom. The fourth-order valence-corrected chi connectivity index (χ4v) is 3.01. The SMILES string of the molecule is CCN(CC)C1=NC(=O)[C@H](CC(=O)NC2CC2)S1. The number of amides is 2. The van der Waals surface area contributed by atoms with Gasteiger partial charge in [0.2, 0.25) is 5.91 Å². The van der Waals surface area contributed by atoms with Gasteiger partial charge < -0.3 is 10.2 Å². The van der Waals surface area contributed by atoms with Crippen molar-refractivity contribution < 1.29 is 9.59 Å². The number of hydrogen-bond acceptors (Lipinski definition) is 4. The van der Waals surface area contributed by atoms with Gasteiger partial charge in [0, 0.05) is 25.6 Å². The molecule has 2 amide bonds. The maximum Gasteiger partial charge on any atom is 0.262 e. The van der Waals surface area contributed by atoms with Gasteiger partial charge in [0.1, 0.15) is 5.25 Å². The average molecular weight is 269 g/mol. The number of carbonyl (C=O) groups is 2. The molecule has 2 rings (SSSR count).